The van der Waals surface area contributed by atoms with Crippen molar-refractivity contribution < 1.29 is 9.63 Å². The maximum atomic E-state index is 13.2. The first kappa shape index (κ1) is 26.5. The standard InChI is InChI=1S/C30H34N6O3/c1-4-5-20-6-12-24(13-7-20)36-19-26(29(38)34-39-3)27(37)25-18-31-30(33-28(25)36)32-23-10-8-21(9-11-23)22-14-16-35(2)17-15-22/h6-13,18-19,22H,4-5,14-17H2,1-3H3,(H,34,38)(H,31,32,33). The van der Waals surface area contributed by atoms with Crippen molar-refractivity contribution >= 4 is 28.6 Å². The number of hydrogen-bond donors (Lipinski definition) is 2. The van der Waals surface area contributed by atoms with E-state index in [9.17, 15) is 9.59 Å². The predicted octanol–water partition coefficient (Wildman–Crippen LogP) is 4.58. The number of carbonyl (C=O) groups excluding carboxylic acids is 1. The van der Waals surface area contributed by atoms with Gasteiger partial charge >= 0.3 is 0 Å². The summed E-state index contributed by atoms with van der Waals surface area (Å²) in [6.45, 7) is 4.37. The molecule has 1 aliphatic heterocycles. The Labute approximate surface area is 227 Å². The number of carbonyl (C=O) groups is 1. The highest BCUT2D eigenvalue weighted by Crippen LogP contribution is 2.29. The van der Waals surface area contributed by atoms with E-state index in [1.54, 1.807) is 4.57 Å². The second kappa shape index (κ2) is 11.8. The van der Waals surface area contributed by atoms with E-state index < -0.39 is 11.3 Å². The molecule has 1 saturated heterocycles. The maximum absolute atomic E-state index is 13.2. The molecular formula is C30H34N6O3. The fourth-order valence-corrected chi connectivity index (χ4v) is 5.10. The summed E-state index contributed by atoms with van der Waals surface area (Å²) in [7, 11) is 3.49. The zero-order valence-electron chi connectivity index (χ0n) is 22.6. The Kier molecular flexibility index (Phi) is 7.99. The number of fused-ring (bicyclic) bond motifs is 1. The second-order valence-electron chi connectivity index (χ2n) is 10.0. The van der Waals surface area contributed by atoms with Gasteiger partial charge in [-0.1, -0.05) is 37.6 Å². The fraction of sp³-hybridized carbons (Fsp3) is 0.333. The van der Waals surface area contributed by atoms with Gasteiger partial charge in [0.15, 0.2) is 5.65 Å². The number of benzene rings is 2. The van der Waals surface area contributed by atoms with E-state index in [2.05, 4.69) is 46.8 Å². The lowest BCUT2D eigenvalue weighted by Gasteiger charge is -2.29. The van der Waals surface area contributed by atoms with Crippen LogP contribution in [0.15, 0.2) is 65.7 Å². The predicted molar refractivity (Wildman–Crippen MR) is 153 cm³/mol. The van der Waals surface area contributed by atoms with Crippen LogP contribution in [0.25, 0.3) is 16.7 Å². The SMILES string of the molecule is CCCc1ccc(-n2cc(C(=O)NOC)c(=O)c3cnc(Nc4ccc(C5CCN(C)CC5)cc4)nc32)cc1. The summed E-state index contributed by atoms with van der Waals surface area (Å²) in [5.74, 6) is 0.307. The number of aryl methyl sites for hydroxylation is 1. The second-order valence-corrected chi connectivity index (χ2v) is 10.0. The van der Waals surface area contributed by atoms with Crippen molar-refractivity contribution in [1.29, 1.82) is 0 Å². The molecule has 2 aromatic carbocycles. The van der Waals surface area contributed by atoms with Gasteiger partial charge in [-0.3, -0.25) is 14.4 Å². The van der Waals surface area contributed by atoms with Crippen molar-refractivity contribution in [2.45, 2.75) is 38.5 Å². The molecule has 9 nitrogen and oxygen atoms in total. The third-order valence-electron chi connectivity index (χ3n) is 7.29. The molecule has 0 spiro atoms. The van der Waals surface area contributed by atoms with Crippen LogP contribution in [-0.2, 0) is 11.3 Å². The number of hydroxylamine groups is 1. The number of piperidine rings is 1. The summed E-state index contributed by atoms with van der Waals surface area (Å²) in [4.78, 5) is 42.0. The zero-order valence-corrected chi connectivity index (χ0v) is 22.6. The molecular weight excluding hydrogens is 492 g/mol. The van der Waals surface area contributed by atoms with Crippen LogP contribution in [0.5, 0.6) is 0 Å². The number of amides is 1. The number of nitrogens with one attached hydrogen (secondary N) is 2. The number of hydrogen-bond acceptors (Lipinski definition) is 7. The molecule has 3 heterocycles. The van der Waals surface area contributed by atoms with Crippen molar-refractivity contribution in [1.82, 2.24) is 24.9 Å². The van der Waals surface area contributed by atoms with E-state index in [0.29, 0.717) is 17.5 Å². The van der Waals surface area contributed by atoms with Crippen LogP contribution < -0.4 is 16.2 Å². The summed E-state index contributed by atoms with van der Waals surface area (Å²) >= 11 is 0. The first-order valence-electron chi connectivity index (χ1n) is 13.4. The Morgan fingerprint density at radius 2 is 1.79 bits per heavy atom. The van der Waals surface area contributed by atoms with E-state index in [4.69, 9.17) is 9.82 Å². The average Bonchev–Trinajstić information content (AvgIpc) is 2.95. The molecule has 0 atom stereocenters. The Hall–Kier alpha value is -4.08. The number of pyridine rings is 1. The Morgan fingerprint density at radius 3 is 2.46 bits per heavy atom. The van der Waals surface area contributed by atoms with Crippen LogP contribution in [0.1, 0.15) is 53.6 Å². The summed E-state index contributed by atoms with van der Waals surface area (Å²) in [6, 6.07) is 16.4. The van der Waals surface area contributed by atoms with Gasteiger partial charge in [-0.25, -0.2) is 10.5 Å². The molecule has 1 aliphatic rings. The normalized spacial score (nSPS) is 14.4. The molecule has 0 bridgehead atoms. The minimum atomic E-state index is -0.632. The van der Waals surface area contributed by atoms with Gasteiger partial charge in [-0.05, 0) is 80.7 Å². The smallest absolute Gasteiger partial charge is 0.280 e. The van der Waals surface area contributed by atoms with Crippen LogP contribution in [0.4, 0.5) is 11.6 Å². The monoisotopic (exact) mass is 526 g/mol. The van der Waals surface area contributed by atoms with E-state index in [-0.39, 0.29) is 10.9 Å². The van der Waals surface area contributed by atoms with Crippen molar-refractivity contribution in [3.05, 3.63) is 87.8 Å². The first-order valence-corrected chi connectivity index (χ1v) is 13.4. The quantitative estimate of drug-likeness (QED) is 0.324. The number of likely N-dealkylation sites (tertiary alicyclic amines) is 1. The van der Waals surface area contributed by atoms with Gasteiger partial charge in [0, 0.05) is 23.8 Å². The third-order valence-corrected chi connectivity index (χ3v) is 7.29. The topological polar surface area (TPSA) is 101 Å². The van der Waals surface area contributed by atoms with Crippen LogP contribution >= 0.6 is 0 Å². The van der Waals surface area contributed by atoms with Crippen molar-refractivity contribution in [2.24, 2.45) is 0 Å². The van der Waals surface area contributed by atoms with E-state index in [0.717, 1.165) is 37.3 Å². The Balaban J connectivity index is 1.49. The molecule has 0 unspecified atom stereocenters. The molecule has 1 fully saturated rings. The number of rotatable bonds is 8. The van der Waals surface area contributed by atoms with Crippen molar-refractivity contribution in [3.8, 4) is 5.69 Å². The largest absolute Gasteiger partial charge is 0.324 e. The minimum Gasteiger partial charge on any atom is -0.324 e. The molecule has 4 aromatic rings. The van der Waals surface area contributed by atoms with Gasteiger partial charge in [0.1, 0.15) is 5.56 Å². The Morgan fingerprint density at radius 1 is 1.08 bits per heavy atom. The van der Waals surface area contributed by atoms with E-state index in [1.807, 2.05) is 36.4 Å². The van der Waals surface area contributed by atoms with Gasteiger partial charge in [0.05, 0.1) is 12.5 Å². The van der Waals surface area contributed by atoms with Crippen LogP contribution in [0.3, 0.4) is 0 Å². The average molecular weight is 527 g/mol. The minimum absolute atomic E-state index is 0.0595. The summed E-state index contributed by atoms with van der Waals surface area (Å²) in [6.07, 6.45) is 7.31. The van der Waals surface area contributed by atoms with E-state index in [1.165, 1.54) is 43.5 Å². The lowest BCUT2D eigenvalue weighted by atomic mass is 9.89. The highest BCUT2D eigenvalue weighted by molar-refractivity contribution is 5.96. The van der Waals surface area contributed by atoms with Crippen molar-refractivity contribution in [2.75, 3.05) is 32.6 Å². The van der Waals surface area contributed by atoms with Crippen LogP contribution in [0.2, 0.25) is 0 Å². The maximum Gasteiger partial charge on any atom is 0.280 e. The molecule has 0 saturated carbocycles. The molecule has 5 rings (SSSR count). The lowest BCUT2D eigenvalue weighted by Crippen LogP contribution is -2.29. The molecule has 9 heteroatoms. The zero-order chi connectivity index (χ0) is 27.4. The summed E-state index contributed by atoms with van der Waals surface area (Å²) in [5.41, 5.74) is 6.31. The van der Waals surface area contributed by atoms with Crippen LogP contribution in [-0.4, -0.2) is 52.6 Å². The van der Waals surface area contributed by atoms with Gasteiger partial charge in [0.2, 0.25) is 11.4 Å². The molecule has 0 radical (unpaired) electrons. The van der Waals surface area contributed by atoms with Gasteiger partial charge < -0.3 is 14.8 Å². The van der Waals surface area contributed by atoms with Gasteiger partial charge in [-0.15, -0.1) is 0 Å². The molecule has 0 aliphatic carbocycles. The molecule has 2 N–H and O–H groups in total. The molecule has 39 heavy (non-hydrogen) atoms. The fourth-order valence-electron chi connectivity index (χ4n) is 5.10. The van der Waals surface area contributed by atoms with Gasteiger partial charge in [-0.2, -0.15) is 4.98 Å². The summed E-state index contributed by atoms with van der Waals surface area (Å²) < 4.78 is 1.74. The lowest BCUT2D eigenvalue weighted by molar-refractivity contribution is 0.0536. The highest BCUT2D eigenvalue weighted by Gasteiger charge is 2.20. The molecule has 2 aromatic heterocycles. The number of nitrogens with zero attached hydrogens (tertiary/aromatic N) is 4. The summed E-state index contributed by atoms with van der Waals surface area (Å²) in [5, 5.41) is 3.51. The third kappa shape index (κ3) is 5.84. The molecule has 202 valence electrons. The van der Waals surface area contributed by atoms with Crippen LogP contribution in [0, 0.1) is 0 Å². The first-order chi connectivity index (χ1) is 19.0. The van der Waals surface area contributed by atoms with E-state index >= 15 is 0 Å². The Bertz CT molecular complexity index is 1510. The highest BCUT2D eigenvalue weighted by atomic mass is 16.6. The number of aromatic nitrogens is 3. The number of anilines is 2. The molecule has 1 amide bonds. The van der Waals surface area contributed by atoms with Crippen molar-refractivity contribution in [3.63, 3.8) is 0 Å². The van der Waals surface area contributed by atoms with Gasteiger partial charge in [0.25, 0.3) is 5.91 Å².